The molecule has 0 aliphatic heterocycles. The lowest BCUT2D eigenvalue weighted by molar-refractivity contribution is -0.134. The first-order valence-electron chi connectivity index (χ1n) is 3.51. The van der Waals surface area contributed by atoms with Gasteiger partial charge in [-0.25, -0.2) is 4.79 Å². The zero-order valence-electron chi connectivity index (χ0n) is 7.07. The summed E-state index contributed by atoms with van der Waals surface area (Å²) in [6, 6.07) is 0. The normalized spacial score (nSPS) is 11.4. The molecular formula is C10H12O2. The molecule has 0 unspecified atom stereocenters. The summed E-state index contributed by atoms with van der Waals surface area (Å²) >= 11 is 0. The molecule has 0 aromatic carbocycles. The van der Waals surface area contributed by atoms with E-state index in [0.29, 0.717) is 0 Å². The van der Waals surface area contributed by atoms with E-state index in [4.69, 9.17) is 0 Å². The largest absolute Gasteiger partial charge is 0.466 e. The van der Waals surface area contributed by atoms with Gasteiger partial charge < -0.3 is 4.74 Å². The third kappa shape index (κ3) is 6.55. The molecule has 0 aromatic heterocycles. The number of allylic oxidation sites excluding steroid dienone is 6. The molecule has 0 atom stereocenters. The Kier molecular flexibility index (Phi) is 6.55. The van der Waals surface area contributed by atoms with Crippen LogP contribution in [-0.2, 0) is 9.53 Å². The summed E-state index contributed by atoms with van der Waals surface area (Å²) in [6.45, 7) is 3.51. The minimum absolute atomic E-state index is 0.354. The van der Waals surface area contributed by atoms with Crippen molar-refractivity contribution in [2.24, 2.45) is 0 Å². The first-order valence-corrected chi connectivity index (χ1v) is 3.51. The van der Waals surface area contributed by atoms with Gasteiger partial charge in [-0.2, -0.15) is 0 Å². The topological polar surface area (TPSA) is 26.3 Å². The van der Waals surface area contributed by atoms with Gasteiger partial charge in [0.25, 0.3) is 0 Å². The van der Waals surface area contributed by atoms with Gasteiger partial charge in [-0.1, -0.05) is 43.0 Å². The number of esters is 1. The number of carbonyl (C=O) groups is 1. The molecule has 2 heteroatoms. The molecule has 0 N–H and O–H groups in total. The van der Waals surface area contributed by atoms with Crippen molar-refractivity contribution in [1.29, 1.82) is 0 Å². The Balaban J connectivity index is 3.73. The zero-order chi connectivity index (χ0) is 9.23. The Labute approximate surface area is 72.5 Å². The number of methoxy groups -OCH3 is 1. The van der Waals surface area contributed by atoms with Gasteiger partial charge in [0.05, 0.1) is 7.11 Å². The molecule has 0 saturated heterocycles. The van der Waals surface area contributed by atoms with Gasteiger partial charge >= 0.3 is 5.97 Å². The predicted octanol–water partition coefficient (Wildman–Crippen LogP) is 2.01. The quantitative estimate of drug-likeness (QED) is 0.361. The van der Waals surface area contributed by atoms with E-state index in [2.05, 4.69) is 11.3 Å². The standard InChI is InChI=1S/C10H12O2/c1-3-4-5-6-7-8-9-10(11)12-2/h3-9H,1H2,2H3. The van der Waals surface area contributed by atoms with Gasteiger partial charge in [-0.15, -0.1) is 0 Å². The third-order valence-corrected chi connectivity index (χ3v) is 1.01. The molecule has 0 aromatic rings. The number of ether oxygens (including phenoxy) is 1. The highest BCUT2D eigenvalue weighted by atomic mass is 16.5. The molecule has 0 spiro atoms. The van der Waals surface area contributed by atoms with E-state index in [-0.39, 0.29) is 5.97 Å². The molecule has 0 rings (SSSR count). The minimum Gasteiger partial charge on any atom is -0.466 e. The number of carbonyl (C=O) groups excluding carboxylic acids is 1. The summed E-state index contributed by atoms with van der Waals surface area (Å²) in [4.78, 5) is 10.5. The molecule has 64 valence electrons. The van der Waals surface area contributed by atoms with Gasteiger partial charge in [0, 0.05) is 6.08 Å². The van der Waals surface area contributed by atoms with Crippen molar-refractivity contribution in [3.05, 3.63) is 49.1 Å². The molecule has 0 radical (unpaired) electrons. The highest BCUT2D eigenvalue weighted by Crippen LogP contribution is 1.82. The smallest absolute Gasteiger partial charge is 0.330 e. The Morgan fingerprint density at radius 1 is 1.17 bits per heavy atom. The van der Waals surface area contributed by atoms with Crippen molar-refractivity contribution in [3.8, 4) is 0 Å². The minimum atomic E-state index is -0.354. The number of hydrogen-bond donors (Lipinski definition) is 0. The van der Waals surface area contributed by atoms with Crippen LogP contribution >= 0.6 is 0 Å². The van der Waals surface area contributed by atoms with E-state index in [1.54, 1.807) is 30.4 Å². The maximum absolute atomic E-state index is 10.5. The second-order valence-electron chi connectivity index (χ2n) is 1.89. The fourth-order valence-electron chi connectivity index (χ4n) is 0.473. The molecule has 0 aliphatic carbocycles. The molecule has 0 bridgehead atoms. The average molecular weight is 164 g/mol. The van der Waals surface area contributed by atoms with Crippen LogP contribution in [0, 0.1) is 0 Å². The molecule has 12 heavy (non-hydrogen) atoms. The SMILES string of the molecule is C=CC=CC=CC=CC(=O)OC. The van der Waals surface area contributed by atoms with Crippen LogP contribution in [0.25, 0.3) is 0 Å². The van der Waals surface area contributed by atoms with E-state index in [1.165, 1.54) is 13.2 Å². The van der Waals surface area contributed by atoms with Crippen molar-refractivity contribution in [3.63, 3.8) is 0 Å². The summed E-state index contributed by atoms with van der Waals surface area (Å²) in [5.41, 5.74) is 0. The molecular weight excluding hydrogens is 152 g/mol. The summed E-state index contributed by atoms with van der Waals surface area (Å²) in [5.74, 6) is -0.354. The van der Waals surface area contributed by atoms with E-state index in [9.17, 15) is 4.79 Å². The highest BCUT2D eigenvalue weighted by Gasteiger charge is 1.85. The second kappa shape index (κ2) is 7.54. The van der Waals surface area contributed by atoms with Crippen LogP contribution in [0.3, 0.4) is 0 Å². The fraction of sp³-hybridized carbons (Fsp3) is 0.100. The van der Waals surface area contributed by atoms with Crippen LogP contribution in [0.15, 0.2) is 49.1 Å². The lowest BCUT2D eigenvalue weighted by Gasteiger charge is -1.85. The van der Waals surface area contributed by atoms with Crippen LogP contribution in [0.5, 0.6) is 0 Å². The molecule has 0 aliphatic rings. The molecule has 0 amide bonds. The van der Waals surface area contributed by atoms with Crippen LogP contribution in [0.2, 0.25) is 0 Å². The van der Waals surface area contributed by atoms with Gasteiger partial charge in [-0.3, -0.25) is 0 Å². The Morgan fingerprint density at radius 3 is 2.33 bits per heavy atom. The monoisotopic (exact) mass is 164 g/mol. The van der Waals surface area contributed by atoms with Crippen molar-refractivity contribution < 1.29 is 9.53 Å². The third-order valence-electron chi connectivity index (χ3n) is 1.01. The average Bonchev–Trinajstić information content (AvgIpc) is 2.10. The van der Waals surface area contributed by atoms with Crippen LogP contribution in [0.4, 0.5) is 0 Å². The number of hydrogen-bond acceptors (Lipinski definition) is 2. The molecule has 0 heterocycles. The summed E-state index contributed by atoms with van der Waals surface area (Å²) < 4.78 is 4.38. The van der Waals surface area contributed by atoms with E-state index in [1.807, 2.05) is 6.08 Å². The van der Waals surface area contributed by atoms with Crippen LogP contribution in [0.1, 0.15) is 0 Å². The lowest BCUT2D eigenvalue weighted by atomic mass is 10.4. The lowest BCUT2D eigenvalue weighted by Crippen LogP contribution is -1.92. The first-order chi connectivity index (χ1) is 5.81. The predicted molar refractivity (Wildman–Crippen MR) is 49.6 cm³/mol. The summed E-state index contributed by atoms with van der Waals surface area (Å²) in [6.07, 6.45) is 11.8. The Hall–Kier alpha value is -1.57. The molecule has 2 nitrogen and oxygen atoms in total. The first kappa shape index (κ1) is 10.4. The highest BCUT2D eigenvalue weighted by molar-refractivity contribution is 5.82. The summed E-state index contributed by atoms with van der Waals surface area (Å²) in [5, 5.41) is 0. The van der Waals surface area contributed by atoms with Crippen molar-refractivity contribution in [1.82, 2.24) is 0 Å². The van der Waals surface area contributed by atoms with Crippen molar-refractivity contribution in [2.45, 2.75) is 0 Å². The van der Waals surface area contributed by atoms with Gasteiger partial charge in [0.1, 0.15) is 0 Å². The van der Waals surface area contributed by atoms with Crippen molar-refractivity contribution in [2.75, 3.05) is 7.11 Å². The molecule has 0 fully saturated rings. The van der Waals surface area contributed by atoms with Gasteiger partial charge in [0.15, 0.2) is 0 Å². The summed E-state index contributed by atoms with van der Waals surface area (Å²) in [7, 11) is 1.34. The van der Waals surface area contributed by atoms with Gasteiger partial charge in [-0.05, 0) is 0 Å². The Morgan fingerprint density at radius 2 is 1.75 bits per heavy atom. The number of rotatable bonds is 4. The van der Waals surface area contributed by atoms with Crippen molar-refractivity contribution >= 4 is 5.97 Å². The van der Waals surface area contributed by atoms with E-state index >= 15 is 0 Å². The fourth-order valence-corrected chi connectivity index (χ4v) is 0.473. The maximum Gasteiger partial charge on any atom is 0.330 e. The maximum atomic E-state index is 10.5. The van der Waals surface area contributed by atoms with Gasteiger partial charge in [0.2, 0.25) is 0 Å². The van der Waals surface area contributed by atoms with E-state index in [0.717, 1.165) is 0 Å². The molecule has 0 saturated carbocycles. The zero-order valence-corrected chi connectivity index (χ0v) is 7.07. The Bertz CT molecular complexity index is 222. The van der Waals surface area contributed by atoms with Crippen LogP contribution < -0.4 is 0 Å². The van der Waals surface area contributed by atoms with Crippen LogP contribution in [-0.4, -0.2) is 13.1 Å². The second-order valence-corrected chi connectivity index (χ2v) is 1.89. The van der Waals surface area contributed by atoms with E-state index < -0.39 is 0 Å².